The molecule has 4 aromatic heterocycles. The minimum Gasteiger partial charge on any atom is -0.378 e. The van der Waals surface area contributed by atoms with Gasteiger partial charge in [-0.05, 0) is 40.8 Å². The van der Waals surface area contributed by atoms with E-state index in [1.165, 1.54) is 16.0 Å². The quantitative estimate of drug-likeness (QED) is 0.381. The van der Waals surface area contributed by atoms with Gasteiger partial charge in [0.05, 0.1) is 16.3 Å². The van der Waals surface area contributed by atoms with Gasteiger partial charge >= 0.3 is 0 Å². The zero-order chi connectivity index (χ0) is 19.5. The Hall–Kier alpha value is -3.93. The molecular weight excluding hydrogens is 382 g/mol. The Morgan fingerprint density at radius 1 is 1.29 bits per heavy atom. The molecule has 0 aliphatic heterocycles. The Morgan fingerprint density at radius 3 is 2.86 bits per heavy atom. The number of carbonyl (C=O) groups is 1. The summed E-state index contributed by atoms with van der Waals surface area (Å²) in [5, 5.41) is 21.2. The molecular formula is C16H13N9O2S. The highest BCUT2D eigenvalue weighted by molar-refractivity contribution is 7.13. The molecule has 0 aromatic carbocycles. The molecule has 11 nitrogen and oxygen atoms in total. The van der Waals surface area contributed by atoms with Gasteiger partial charge < -0.3 is 5.73 Å². The SMILES string of the molecule is C/C(=N\NC(=O)c1nnn(-c2nonc2N)c1-c1cccs1)c1ccccn1. The number of carbonyl (C=O) groups excluding carboxylic acids is 1. The fourth-order valence-corrected chi connectivity index (χ4v) is 3.13. The lowest BCUT2D eigenvalue weighted by Crippen LogP contribution is -2.21. The van der Waals surface area contributed by atoms with E-state index in [-0.39, 0.29) is 17.3 Å². The number of aromatic nitrogens is 6. The highest BCUT2D eigenvalue weighted by atomic mass is 32.1. The number of nitrogens with one attached hydrogen (secondary N) is 1. The monoisotopic (exact) mass is 395 g/mol. The van der Waals surface area contributed by atoms with Gasteiger partial charge in [0.2, 0.25) is 11.6 Å². The van der Waals surface area contributed by atoms with Crippen molar-refractivity contribution in [2.45, 2.75) is 6.92 Å². The molecule has 0 aliphatic rings. The van der Waals surface area contributed by atoms with Crippen LogP contribution in [0, 0.1) is 0 Å². The number of pyridine rings is 1. The molecule has 4 rings (SSSR count). The number of nitrogen functional groups attached to an aromatic ring is 1. The fourth-order valence-electron chi connectivity index (χ4n) is 2.38. The standard InChI is InChI=1S/C16H13N9O2S/c1-9(10-5-2-3-7-18-10)19-21-16(26)12-13(11-6-4-8-28-11)25(24-20-12)15-14(17)22-27-23-15/h2-8H,1H3,(H2,17,22)(H,21,26)/b19-9+. The molecule has 0 atom stereocenters. The molecule has 0 saturated carbocycles. The van der Waals surface area contributed by atoms with Gasteiger partial charge in [0.1, 0.15) is 5.69 Å². The van der Waals surface area contributed by atoms with Crippen LogP contribution in [0.4, 0.5) is 5.82 Å². The van der Waals surface area contributed by atoms with Crippen LogP contribution < -0.4 is 11.2 Å². The summed E-state index contributed by atoms with van der Waals surface area (Å²) in [6.45, 7) is 1.74. The zero-order valence-corrected chi connectivity index (χ0v) is 15.3. The van der Waals surface area contributed by atoms with Gasteiger partial charge in [-0.3, -0.25) is 9.78 Å². The molecule has 12 heteroatoms. The second kappa shape index (κ2) is 7.36. The summed E-state index contributed by atoms with van der Waals surface area (Å²) in [6.07, 6.45) is 1.65. The lowest BCUT2D eigenvalue weighted by Gasteiger charge is -2.04. The minimum absolute atomic E-state index is 0.0266. The maximum Gasteiger partial charge on any atom is 0.294 e. The molecule has 0 bridgehead atoms. The number of rotatable bonds is 5. The third-order valence-electron chi connectivity index (χ3n) is 3.70. The second-order valence-corrected chi connectivity index (χ2v) is 6.45. The maximum absolute atomic E-state index is 12.7. The van der Waals surface area contributed by atoms with Crippen molar-refractivity contribution in [2.75, 3.05) is 5.73 Å². The van der Waals surface area contributed by atoms with Crippen LogP contribution >= 0.6 is 11.3 Å². The van der Waals surface area contributed by atoms with Crippen LogP contribution in [0.1, 0.15) is 23.1 Å². The first-order chi connectivity index (χ1) is 13.6. The predicted molar refractivity (Wildman–Crippen MR) is 101 cm³/mol. The van der Waals surface area contributed by atoms with Crippen molar-refractivity contribution in [1.82, 2.24) is 35.7 Å². The summed E-state index contributed by atoms with van der Waals surface area (Å²) in [6, 6.07) is 9.08. The summed E-state index contributed by atoms with van der Waals surface area (Å²) >= 11 is 1.40. The van der Waals surface area contributed by atoms with Crippen LogP contribution in [-0.2, 0) is 0 Å². The Balaban J connectivity index is 1.69. The molecule has 28 heavy (non-hydrogen) atoms. The summed E-state index contributed by atoms with van der Waals surface area (Å²) in [5.74, 6) is -0.373. The van der Waals surface area contributed by atoms with E-state index in [1.54, 1.807) is 25.3 Å². The van der Waals surface area contributed by atoms with Gasteiger partial charge in [0, 0.05) is 6.20 Å². The van der Waals surface area contributed by atoms with Crippen molar-refractivity contribution in [3.8, 4) is 16.4 Å². The van der Waals surface area contributed by atoms with Crippen LogP contribution in [0.3, 0.4) is 0 Å². The molecule has 0 spiro atoms. The molecule has 140 valence electrons. The molecule has 1 amide bonds. The molecule has 0 saturated heterocycles. The normalized spacial score (nSPS) is 11.5. The van der Waals surface area contributed by atoms with Crippen molar-refractivity contribution in [3.63, 3.8) is 0 Å². The van der Waals surface area contributed by atoms with Crippen molar-refractivity contribution in [2.24, 2.45) is 5.10 Å². The fraction of sp³-hybridized carbons (Fsp3) is 0.0625. The van der Waals surface area contributed by atoms with Crippen LogP contribution in [0.5, 0.6) is 0 Å². The lowest BCUT2D eigenvalue weighted by molar-refractivity contribution is 0.0950. The van der Waals surface area contributed by atoms with Gasteiger partial charge in [-0.25, -0.2) is 10.1 Å². The van der Waals surface area contributed by atoms with Gasteiger partial charge in [-0.15, -0.1) is 16.4 Å². The van der Waals surface area contributed by atoms with E-state index in [0.717, 1.165) is 4.88 Å². The molecule has 4 aromatic rings. The lowest BCUT2D eigenvalue weighted by atomic mass is 10.2. The van der Waals surface area contributed by atoms with E-state index < -0.39 is 5.91 Å². The average Bonchev–Trinajstić information content (AvgIpc) is 3.46. The Kier molecular flexibility index (Phi) is 4.60. The average molecular weight is 395 g/mol. The number of anilines is 1. The van der Waals surface area contributed by atoms with Crippen molar-refractivity contribution in [3.05, 3.63) is 53.3 Å². The predicted octanol–water partition coefficient (Wildman–Crippen LogP) is 1.51. The summed E-state index contributed by atoms with van der Waals surface area (Å²) < 4.78 is 5.94. The Morgan fingerprint density at radius 2 is 2.18 bits per heavy atom. The van der Waals surface area contributed by atoms with Crippen LogP contribution in [0.25, 0.3) is 16.4 Å². The van der Waals surface area contributed by atoms with Crippen molar-refractivity contribution < 1.29 is 9.42 Å². The van der Waals surface area contributed by atoms with Gasteiger partial charge in [0.15, 0.2) is 5.69 Å². The summed E-state index contributed by atoms with van der Waals surface area (Å²) in [5.41, 5.74) is 9.89. The smallest absolute Gasteiger partial charge is 0.294 e. The molecule has 0 fully saturated rings. The molecule has 3 N–H and O–H groups in total. The van der Waals surface area contributed by atoms with Gasteiger partial charge in [-0.2, -0.15) is 9.78 Å². The highest BCUT2D eigenvalue weighted by Crippen LogP contribution is 2.29. The third-order valence-corrected chi connectivity index (χ3v) is 4.57. The number of nitrogens with two attached hydrogens (primary N) is 1. The van der Waals surface area contributed by atoms with E-state index in [4.69, 9.17) is 5.73 Å². The topological polar surface area (TPSA) is 150 Å². The number of amides is 1. The summed E-state index contributed by atoms with van der Waals surface area (Å²) in [4.78, 5) is 17.6. The van der Waals surface area contributed by atoms with Crippen molar-refractivity contribution >= 4 is 28.8 Å². The van der Waals surface area contributed by atoms with Crippen LogP contribution in [-0.4, -0.2) is 41.9 Å². The highest BCUT2D eigenvalue weighted by Gasteiger charge is 2.25. The Labute approximate surface area is 161 Å². The third kappa shape index (κ3) is 3.23. The minimum atomic E-state index is -0.542. The number of nitrogens with zero attached hydrogens (tertiary/aromatic N) is 7. The van der Waals surface area contributed by atoms with Gasteiger partial charge in [-0.1, -0.05) is 17.3 Å². The number of hydrazone groups is 1. The molecule has 0 unspecified atom stereocenters. The van der Waals surface area contributed by atoms with E-state index in [9.17, 15) is 4.79 Å². The zero-order valence-electron chi connectivity index (χ0n) is 14.5. The number of thiophene rings is 1. The van der Waals surface area contributed by atoms with E-state index >= 15 is 0 Å². The van der Waals surface area contributed by atoms with Gasteiger partial charge in [0.25, 0.3) is 5.91 Å². The number of hydrogen-bond donors (Lipinski definition) is 2. The Bertz CT molecular complexity index is 1130. The summed E-state index contributed by atoms with van der Waals surface area (Å²) in [7, 11) is 0. The number of hydrogen-bond acceptors (Lipinski definition) is 10. The second-order valence-electron chi connectivity index (χ2n) is 5.50. The molecule has 0 radical (unpaired) electrons. The largest absolute Gasteiger partial charge is 0.378 e. The molecule has 0 aliphatic carbocycles. The van der Waals surface area contributed by atoms with E-state index in [0.29, 0.717) is 17.1 Å². The van der Waals surface area contributed by atoms with Crippen LogP contribution in [0.2, 0.25) is 0 Å². The van der Waals surface area contributed by atoms with Crippen molar-refractivity contribution in [1.29, 1.82) is 0 Å². The first kappa shape index (κ1) is 17.5. The van der Waals surface area contributed by atoms with E-state index in [1.807, 2.05) is 23.6 Å². The van der Waals surface area contributed by atoms with E-state index in [2.05, 4.69) is 40.8 Å². The first-order valence-electron chi connectivity index (χ1n) is 7.99. The van der Waals surface area contributed by atoms with Crippen LogP contribution in [0.15, 0.2) is 51.6 Å². The first-order valence-corrected chi connectivity index (χ1v) is 8.87. The molecule has 4 heterocycles. The maximum atomic E-state index is 12.7.